The second-order valence-corrected chi connectivity index (χ2v) is 4.59. The lowest BCUT2D eigenvalue weighted by atomic mass is 10.1. The number of methoxy groups -OCH3 is 2. The average molecular weight is 275 g/mol. The van der Waals surface area contributed by atoms with Crippen LogP contribution in [0.1, 0.15) is 11.1 Å². The molecule has 0 fully saturated rings. The first-order valence-electron chi connectivity index (χ1n) is 6.64. The first-order chi connectivity index (χ1) is 9.81. The molecule has 0 bridgehead atoms. The third-order valence-electron chi connectivity index (χ3n) is 2.99. The molecule has 0 spiro atoms. The second-order valence-electron chi connectivity index (χ2n) is 4.59. The fourth-order valence-electron chi connectivity index (χ4n) is 1.89. The maximum absolute atomic E-state index is 5.10. The van der Waals surface area contributed by atoms with Crippen LogP contribution >= 0.6 is 0 Å². The monoisotopic (exact) mass is 275 g/mol. The lowest BCUT2D eigenvalue weighted by Crippen LogP contribution is -2.04. The van der Waals surface area contributed by atoms with E-state index in [4.69, 9.17) is 9.47 Å². The average Bonchev–Trinajstić information content (AvgIpc) is 2.93. The van der Waals surface area contributed by atoms with Gasteiger partial charge in [-0.15, -0.1) is 0 Å². The van der Waals surface area contributed by atoms with E-state index in [1.54, 1.807) is 14.2 Å². The van der Waals surface area contributed by atoms with E-state index in [1.807, 2.05) is 17.1 Å². The van der Waals surface area contributed by atoms with E-state index in [1.165, 1.54) is 11.1 Å². The van der Waals surface area contributed by atoms with E-state index in [0.29, 0.717) is 13.2 Å². The van der Waals surface area contributed by atoms with Crippen molar-refractivity contribution in [1.29, 1.82) is 0 Å². The number of hydrogen-bond acceptors (Lipinski definition) is 4. The molecule has 2 aromatic rings. The summed E-state index contributed by atoms with van der Waals surface area (Å²) in [5, 5.41) is 7.62. The fraction of sp³-hybridized carbons (Fsp3) is 0.400. The highest BCUT2D eigenvalue weighted by molar-refractivity contribution is 5.39. The van der Waals surface area contributed by atoms with E-state index in [0.717, 1.165) is 18.8 Å². The van der Waals surface area contributed by atoms with Crippen LogP contribution in [-0.2, 0) is 29.2 Å². The Bertz CT molecular complexity index is 508. The molecule has 1 aromatic heterocycles. The zero-order valence-electron chi connectivity index (χ0n) is 12.0. The normalized spacial score (nSPS) is 10.7. The number of rotatable bonds is 8. The molecule has 1 aromatic carbocycles. The molecule has 5 nitrogen and oxygen atoms in total. The minimum absolute atomic E-state index is 0.653. The highest BCUT2D eigenvalue weighted by Crippen LogP contribution is 2.10. The predicted molar refractivity (Wildman–Crippen MR) is 78.6 cm³/mol. The molecule has 0 atom stereocenters. The first kappa shape index (κ1) is 14.6. The van der Waals surface area contributed by atoms with Crippen molar-refractivity contribution in [3.63, 3.8) is 0 Å². The van der Waals surface area contributed by atoms with Crippen LogP contribution in [0.3, 0.4) is 0 Å². The Morgan fingerprint density at radius 2 is 1.85 bits per heavy atom. The summed E-state index contributed by atoms with van der Waals surface area (Å²) in [7, 11) is 3.40. The van der Waals surface area contributed by atoms with Crippen molar-refractivity contribution >= 4 is 5.69 Å². The summed E-state index contributed by atoms with van der Waals surface area (Å²) in [6, 6.07) is 8.39. The maximum atomic E-state index is 5.10. The number of hydrogen-bond donors (Lipinski definition) is 1. The zero-order valence-corrected chi connectivity index (χ0v) is 12.0. The smallest absolute Gasteiger partial charge is 0.0729 e. The first-order valence-corrected chi connectivity index (χ1v) is 6.64. The van der Waals surface area contributed by atoms with Gasteiger partial charge in [-0.25, -0.2) is 0 Å². The Labute approximate surface area is 119 Å². The molecule has 0 saturated heterocycles. The molecule has 20 heavy (non-hydrogen) atoms. The maximum Gasteiger partial charge on any atom is 0.0729 e. The minimum Gasteiger partial charge on any atom is -0.383 e. The summed E-state index contributed by atoms with van der Waals surface area (Å²) < 4.78 is 12.0. The van der Waals surface area contributed by atoms with Crippen molar-refractivity contribution in [3.05, 3.63) is 47.8 Å². The van der Waals surface area contributed by atoms with E-state index >= 15 is 0 Å². The van der Waals surface area contributed by atoms with Crippen LogP contribution in [0.15, 0.2) is 36.7 Å². The van der Waals surface area contributed by atoms with E-state index < -0.39 is 0 Å². The molecular weight excluding hydrogens is 254 g/mol. The van der Waals surface area contributed by atoms with Gasteiger partial charge in [0.05, 0.1) is 31.6 Å². The number of benzene rings is 1. The van der Waals surface area contributed by atoms with Crippen LogP contribution < -0.4 is 5.32 Å². The Morgan fingerprint density at radius 3 is 2.55 bits per heavy atom. The van der Waals surface area contributed by atoms with Gasteiger partial charge in [-0.1, -0.05) is 24.3 Å². The van der Waals surface area contributed by atoms with Gasteiger partial charge in [-0.2, -0.15) is 5.10 Å². The van der Waals surface area contributed by atoms with Crippen molar-refractivity contribution in [3.8, 4) is 0 Å². The van der Waals surface area contributed by atoms with Gasteiger partial charge in [-0.05, 0) is 11.1 Å². The summed E-state index contributed by atoms with van der Waals surface area (Å²) >= 11 is 0. The molecule has 0 unspecified atom stereocenters. The second kappa shape index (κ2) is 7.67. The van der Waals surface area contributed by atoms with Gasteiger partial charge in [-0.3, -0.25) is 4.68 Å². The molecule has 5 heteroatoms. The molecule has 1 N–H and O–H groups in total. The molecule has 0 saturated carbocycles. The highest BCUT2D eigenvalue weighted by Gasteiger charge is 1.99. The van der Waals surface area contributed by atoms with Crippen LogP contribution in [0.2, 0.25) is 0 Å². The van der Waals surface area contributed by atoms with Crippen LogP contribution in [0.4, 0.5) is 5.69 Å². The molecule has 1 heterocycles. The number of nitrogens with zero attached hydrogens (tertiary/aromatic N) is 2. The van der Waals surface area contributed by atoms with Crippen LogP contribution in [0, 0.1) is 0 Å². The highest BCUT2D eigenvalue weighted by atomic mass is 16.5. The predicted octanol–water partition coefficient (Wildman–Crippen LogP) is 2.29. The standard InChI is InChI=1S/C15H21N3O2/c1-19-8-7-18-11-15(10-17-18)16-9-13-3-5-14(6-4-13)12-20-2/h3-6,10-11,16H,7-9,12H2,1-2H3. The van der Waals surface area contributed by atoms with Gasteiger partial charge in [0.1, 0.15) is 0 Å². The molecule has 0 aliphatic carbocycles. The van der Waals surface area contributed by atoms with Crippen molar-refractivity contribution in [2.45, 2.75) is 19.7 Å². The van der Waals surface area contributed by atoms with Crippen molar-refractivity contribution in [2.24, 2.45) is 0 Å². The molecular formula is C15H21N3O2. The topological polar surface area (TPSA) is 48.3 Å². The molecule has 0 aliphatic rings. The van der Waals surface area contributed by atoms with Gasteiger partial charge < -0.3 is 14.8 Å². The van der Waals surface area contributed by atoms with Crippen molar-refractivity contribution < 1.29 is 9.47 Å². The molecule has 0 radical (unpaired) electrons. The van der Waals surface area contributed by atoms with E-state index in [2.05, 4.69) is 34.7 Å². The van der Waals surface area contributed by atoms with Gasteiger partial charge in [0, 0.05) is 27.0 Å². The third kappa shape index (κ3) is 4.36. The summed E-state index contributed by atoms with van der Waals surface area (Å²) in [5.74, 6) is 0. The number of aromatic nitrogens is 2. The molecule has 108 valence electrons. The van der Waals surface area contributed by atoms with Crippen molar-refractivity contribution in [2.75, 3.05) is 26.1 Å². The quantitative estimate of drug-likeness (QED) is 0.803. The number of ether oxygens (including phenoxy) is 2. The zero-order chi connectivity index (χ0) is 14.2. The van der Waals surface area contributed by atoms with Crippen LogP contribution in [0.5, 0.6) is 0 Å². The van der Waals surface area contributed by atoms with E-state index in [-0.39, 0.29) is 0 Å². The van der Waals surface area contributed by atoms with Gasteiger partial charge >= 0.3 is 0 Å². The molecule has 0 aliphatic heterocycles. The SMILES string of the molecule is COCCn1cc(NCc2ccc(COC)cc2)cn1. The summed E-state index contributed by atoms with van der Waals surface area (Å²) in [6.07, 6.45) is 3.81. The fourth-order valence-corrected chi connectivity index (χ4v) is 1.89. The molecule has 0 amide bonds. The Hall–Kier alpha value is -1.85. The third-order valence-corrected chi connectivity index (χ3v) is 2.99. The Kier molecular flexibility index (Phi) is 5.58. The molecule has 2 rings (SSSR count). The summed E-state index contributed by atoms with van der Waals surface area (Å²) in [6.45, 7) is 2.87. The van der Waals surface area contributed by atoms with Crippen LogP contribution in [-0.4, -0.2) is 30.6 Å². The largest absolute Gasteiger partial charge is 0.383 e. The lowest BCUT2D eigenvalue weighted by Gasteiger charge is -2.05. The van der Waals surface area contributed by atoms with Gasteiger partial charge in [0.15, 0.2) is 0 Å². The van der Waals surface area contributed by atoms with Crippen molar-refractivity contribution in [1.82, 2.24) is 9.78 Å². The Balaban J connectivity index is 1.83. The lowest BCUT2D eigenvalue weighted by molar-refractivity contribution is 0.183. The van der Waals surface area contributed by atoms with Gasteiger partial charge in [0.25, 0.3) is 0 Å². The number of nitrogens with one attached hydrogen (secondary N) is 1. The minimum atomic E-state index is 0.653. The number of anilines is 1. The summed E-state index contributed by atoms with van der Waals surface area (Å²) in [4.78, 5) is 0. The van der Waals surface area contributed by atoms with Gasteiger partial charge in [0.2, 0.25) is 0 Å². The Morgan fingerprint density at radius 1 is 1.10 bits per heavy atom. The summed E-state index contributed by atoms with van der Waals surface area (Å²) in [5.41, 5.74) is 3.43. The van der Waals surface area contributed by atoms with E-state index in [9.17, 15) is 0 Å². The van der Waals surface area contributed by atoms with Crippen LogP contribution in [0.25, 0.3) is 0 Å².